The average molecular weight is 150 g/mol. The van der Waals surface area contributed by atoms with Crippen molar-refractivity contribution in [2.45, 2.75) is 12.5 Å². The number of rotatable bonds is 1. The molecule has 1 atom stereocenters. The summed E-state index contributed by atoms with van der Waals surface area (Å²) >= 11 is 0. The Labute approximate surface area is 63.2 Å². The van der Waals surface area contributed by atoms with Gasteiger partial charge in [0.25, 0.3) is 0 Å². The molecular weight excluding hydrogens is 144 g/mol. The molecule has 0 aromatic carbocycles. The number of carbonyl (C=O) groups is 1. The molecular formula is C7H6N2O2. The van der Waals surface area contributed by atoms with Gasteiger partial charge < -0.3 is 4.84 Å². The van der Waals surface area contributed by atoms with Crippen LogP contribution in [0.25, 0.3) is 0 Å². The van der Waals surface area contributed by atoms with E-state index in [4.69, 9.17) is 4.84 Å². The van der Waals surface area contributed by atoms with Crippen LogP contribution in [0.5, 0.6) is 0 Å². The molecule has 2 aliphatic rings. The fourth-order valence-electron chi connectivity index (χ4n) is 1.09. The van der Waals surface area contributed by atoms with Crippen molar-refractivity contribution >= 4 is 6.29 Å². The Bertz CT molecular complexity index is 278. The van der Waals surface area contributed by atoms with Crippen molar-refractivity contribution < 1.29 is 9.63 Å². The van der Waals surface area contributed by atoms with E-state index in [2.05, 4.69) is 10.4 Å². The van der Waals surface area contributed by atoms with Gasteiger partial charge in [0.05, 0.1) is 0 Å². The maximum atomic E-state index is 10.3. The zero-order valence-corrected chi connectivity index (χ0v) is 5.73. The van der Waals surface area contributed by atoms with Gasteiger partial charge in [0, 0.05) is 17.3 Å². The molecule has 0 saturated heterocycles. The van der Waals surface area contributed by atoms with Crippen molar-refractivity contribution in [1.29, 1.82) is 0 Å². The fourth-order valence-corrected chi connectivity index (χ4v) is 1.09. The van der Waals surface area contributed by atoms with E-state index in [-0.39, 0.29) is 6.10 Å². The molecule has 0 fully saturated rings. The van der Waals surface area contributed by atoms with Crippen molar-refractivity contribution in [2.75, 3.05) is 0 Å². The highest BCUT2D eigenvalue weighted by molar-refractivity contribution is 5.78. The topological polar surface area (TPSA) is 51.0 Å². The Balaban J connectivity index is 2.29. The molecule has 4 heteroatoms. The zero-order valence-electron chi connectivity index (χ0n) is 5.73. The lowest BCUT2D eigenvalue weighted by molar-refractivity contribution is -0.104. The van der Waals surface area contributed by atoms with Crippen molar-refractivity contribution in [2.24, 2.45) is 10.4 Å². The predicted octanol–water partition coefficient (Wildman–Crippen LogP) is 1.17. The Hall–Kier alpha value is -1.45. The maximum absolute atomic E-state index is 10.3. The molecule has 0 bridgehead atoms. The van der Waals surface area contributed by atoms with Gasteiger partial charge in [-0.3, -0.25) is 4.79 Å². The van der Waals surface area contributed by atoms with Gasteiger partial charge in [-0.2, -0.15) is 0 Å². The van der Waals surface area contributed by atoms with Crippen molar-refractivity contribution in [3.05, 3.63) is 23.4 Å². The summed E-state index contributed by atoms with van der Waals surface area (Å²) < 4.78 is 0. The Kier molecular flexibility index (Phi) is 1.31. The van der Waals surface area contributed by atoms with Crippen LogP contribution >= 0.6 is 0 Å². The molecule has 0 amide bonds. The smallest absolute Gasteiger partial charge is 0.176 e. The first kappa shape index (κ1) is 6.27. The normalized spacial score (nSPS) is 26.7. The third-order valence-electron chi connectivity index (χ3n) is 1.68. The van der Waals surface area contributed by atoms with Gasteiger partial charge in [0.2, 0.25) is 0 Å². The summed E-state index contributed by atoms with van der Waals surface area (Å²) in [5.74, 6) is 0. The second-order valence-corrected chi connectivity index (χ2v) is 2.40. The lowest BCUT2D eigenvalue weighted by atomic mass is 10.0. The molecule has 2 rings (SSSR count). The zero-order chi connectivity index (χ0) is 7.68. The summed E-state index contributed by atoms with van der Waals surface area (Å²) in [7, 11) is 0. The number of aldehydes is 1. The monoisotopic (exact) mass is 150 g/mol. The molecule has 4 nitrogen and oxygen atoms in total. The SMILES string of the molecule is O=CC1=CCC2ON=NC2=C1. The van der Waals surface area contributed by atoms with Gasteiger partial charge in [-0.05, 0) is 6.08 Å². The van der Waals surface area contributed by atoms with E-state index < -0.39 is 0 Å². The van der Waals surface area contributed by atoms with E-state index in [0.717, 1.165) is 12.0 Å². The molecule has 0 spiro atoms. The lowest BCUT2D eigenvalue weighted by Gasteiger charge is -2.08. The number of allylic oxidation sites excluding steroid dienone is 2. The van der Waals surface area contributed by atoms with Crippen LogP contribution in [0.2, 0.25) is 0 Å². The highest BCUT2D eigenvalue weighted by atomic mass is 16.7. The van der Waals surface area contributed by atoms with Crippen LogP contribution in [-0.4, -0.2) is 12.4 Å². The van der Waals surface area contributed by atoms with E-state index in [9.17, 15) is 4.79 Å². The second kappa shape index (κ2) is 2.30. The maximum Gasteiger partial charge on any atom is 0.176 e. The summed E-state index contributed by atoms with van der Waals surface area (Å²) in [5, 5.41) is 7.12. The van der Waals surface area contributed by atoms with Crippen LogP contribution in [0.4, 0.5) is 0 Å². The minimum Gasteiger partial charge on any atom is -0.369 e. The number of fused-ring (bicyclic) bond motifs is 1. The van der Waals surface area contributed by atoms with Gasteiger partial charge in [-0.1, -0.05) is 6.08 Å². The highest BCUT2D eigenvalue weighted by Crippen LogP contribution is 2.25. The van der Waals surface area contributed by atoms with Crippen LogP contribution in [0, 0.1) is 0 Å². The number of hydrogen-bond acceptors (Lipinski definition) is 4. The van der Waals surface area contributed by atoms with Crippen LogP contribution < -0.4 is 0 Å². The minimum absolute atomic E-state index is 0.0568. The van der Waals surface area contributed by atoms with Gasteiger partial charge in [0.1, 0.15) is 12.0 Å². The summed E-state index contributed by atoms with van der Waals surface area (Å²) in [6.45, 7) is 0. The molecule has 0 radical (unpaired) electrons. The van der Waals surface area contributed by atoms with Crippen LogP contribution in [-0.2, 0) is 9.63 Å². The summed E-state index contributed by atoms with van der Waals surface area (Å²) in [6.07, 6.45) is 4.94. The van der Waals surface area contributed by atoms with Gasteiger partial charge in [0.15, 0.2) is 6.10 Å². The predicted molar refractivity (Wildman–Crippen MR) is 36.6 cm³/mol. The van der Waals surface area contributed by atoms with E-state index in [0.29, 0.717) is 12.0 Å². The third kappa shape index (κ3) is 0.960. The first-order valence-electron chi connectivity index (χ1n) is 3.34. The van der Waals surface area contributed by atoms with Gasteiger partial charge in [-0.25, -0.2) is 0 Å². The molecule has 1 aliphatic carbocycles. The third-order valence-corrected chi connectivity index (χ3v) is 1.68. The van der Waals surface area contributed by atoms with Crippen LogP contribution in [0.3, 0.4) is 0 Å². The second-order valence-electron chi connectivity index (χ2n) is 2.40. The molecule has 1 heterocycles. The molecule has 0 N–H and O–H groups in total. The first-order valence-corrected chi connectivity index (χ1v) is 3.34. The number of hydrogen-bond donors (Lipinski definition) is 0. The molecule has 11 heavy (non-hydrogen) atoms. The number of carbonyl (C=O) groups excluding carboxylic acids is 1. The Morgan fingerprint density at radius 1 is 1.73 bits per heavy atom. The molecule has 0 aromatic heterocycles. The van der Waals surface area contributed by atoms with E-state index in [1.165, 1.54) is 0 Å². The molecule has 0 saturated carbocycles. The molecule has 56 valence electrons. The fraction of sp³-hybridized carbons (Fsp3) is 0.286. The van der Waals surface area contributed by atoms with Crippen LogP contribution in [0.15, 0.2) is 33.8 Å². The minimum atomic E-state index is -0.0568. The van der Waals surface area contributed by atoms with Gasteiger partial charge >= 0.3 is 0 Å². The highest BCUT2D eigenvalue weighted by Gasteiger charge is 2.23. The van der Waals surface area contributed by atoms with Crippen molar-refractivity contribution in [3.63, 3.8) is 0 Å². The van der Waals surface area contributed by atoms with Crippen LogP contribution in [0.1, 0.15) is 6.42 Å². The molecule has 1 aliphatic heterocycles. The molecule has 0 aromatic rings. The van der Waals surface area contributed by atoms with Crippen molar-refractivity contribution in [1.82, 2.24) is 0 Å². The standard InChI is InChI=1S/C7H6N2O2/c10-4-5-1-2-7-6(3-5)8-9-11-7/h1,3-4,7H,2H2. The quantitative estimate of drug-likeness (QED) is 0.527. The lowest BCUT2D eigenvalue weighted by Crippen LogP contribution is -2.10. The summed E-state index contributed by atoms with van der Waals surface area (Å²) in [4.78, 5) is 15.2. The summed E-state index contributed by atoms with van der Waals surface area (Å²) in [6, 6.07) is 0. The largest absolute Gasteiger partial charge is 0.369 e. The average Bonchev–Trinajstić information content (AvgIpc) is 2.50. The van der Waals surface area contributed by atoms with E-state index in [1.54, 1.807) is 6.08 Å². The summed E-state index contributed by atoms with van der Waals surface area (Å²) in [5.41, 5.74) is 1.40. The molecule has 1 unspecified atom stereocenters. The van der Waals surface area contributed by atoms with Gasteiger partial charge in [-0.15, -0.1) is 5.11 Å². The van der Waals surface area contributed by atoms with E-state index in [1.807, 2.05) is 6.08 Å². The first-order chi connectivity index (χ1) is 5.40. The number of nitrogens with zero attached hydrogens (tertiary/aromatic N) is 2. The van der Waals surface area contributed by atoms with Crippen molar-refractivity contribution in [3.8, 4) is 0 Å². The van der Waals surface area contributed by atoms with E-state index >= 15 is 0 Å². The Morgan fingerprint density at radius 3 is 3.45 bits per heavy atom. The Morgan fingerprint density at radius 2 is 2.64 bits per heavy atom.